The Labute approximate surface area is 154 Å². The van der Waals surface area contributed by atoms with Crippen LogP contribution in [0.5, 0.6) is 0 Å². The third kappa shape index (κ3) is 2.83. The highest BCUT2D eigenvalue weighted by atomic mass is 32.2. The van der Waals surface area contributed by atoms with E-state index in [9.17, 15) is 4.55 Å². The molecule has 0 spiro atoms. The van der Waals surface area contributed by atoms with Gasteiger partial charge in [-0.15, -0.1) is 4.72 Å². The highest BCUT2D eigenvalue weighted by Crippen LogP contribution is 2.77. The minimum absolute atomic E-state index is 0.166. The first kappa shape index (κ1) is 17.1. The molecular weight excluding hydrogens is 326 g/mol. The van der Waals surface area contributed by atoms with Crippen molar-refractivity contribution in [1.29, 1.82) is 0 Å². The standard InChI is InChI=1S/C22H27NOS/c1-20(2,3)25(24)23-19(17-10-6-4-7-11-17)22-14-21(15-22,16-22)18-12-8-5-9-13-18/h4-13,19,23H,14-16H2,1-3H3. The monoisotopic (exact) mass is 353 g/mol. The zero-order chi connectivity index (χ0) is 17.7. The Kier molecular flexibility index (Phi) is 4.02. The summed E-state index contributed by atoms with van der Waals surface area (Å²) in [5.74, 6) is 0. The smallest absolute Gasteiger partial charge is 0.136 e. The van der Waals surface area contributed by atoms with Gasteiger partial charge in [0, 0.05) is 11.4 Å². The van der Waals surface area contributed by atoms with Gasteiger partial charge in [-0.2, -0.15) is 0 Å². The topological polar surface area (TPSA) is 35.1 Å². The Morgan fingerprint density at radius 3 is 1.96 bits per heavy atom. The van der Waals surface area contributed by atoms with Crippen LogP contribution in [0.1, 0.15) is 57.2 Å². The molecule has 2 aromatic rings. The van der Waals surface area contributed by atoms with Crippen LogP contribution in [0.2, 0.25) is 0 Å². The minimum atomic E-state index is -1.07. The third-order valence-electron chi connectivity index (χ3n) is 5.98. The van der Waals surface area contributed by atoms with Crippen molar-refractivity contribution in [2.75, 3.05) is 0 Å². The lowest BCUT2D eigenvalue weighted by atomic mass is 9.31. The summed E-state index contributed by atoms with van der Waals surface area (Å²) in [7, 11) is 0. The van der Waals surface area contributed by atoms with E-state index in [1.165, 1.54) is 30.4 Å². The summed E-state index contributed by atoms with van der Waals surface area (Å²) in [5, 5.41) is 0. The van der Waals surface area contributed by atoms with Crippen molar-refractivity contribution in [3.05, 3.63) is 71.8 Å². The molecule has 3 saturated carbocycles. The van der Waals surface area contributed by atoms with Gasteiger partial charge in [0.25, 0.3) is 0 Å². The average molecular weight is 354 g/mol. The van der Waals surface area contributed by atoms with E-state index in [0.717, 1.165) is 0 Å². The lowest BCUT2D eigenvalue weighted by Gasteiger charge is -2.73. The first-order chi connectivity index (χ1) is 11.8. The highest BCUT2D eigenvalue weighted by molar-refractivity contribution is 7.90. The van der Waals surface area contributed by atoms with Gasteiger partial charge < -0.3 is 4.55 Å². The number of nitrogens with one attached hydrogen (secondary N) is 1. The molecule has 2 nitrogen and oxygen atoms in total. The molecular formula is C22H27NOS. The van der Waals surface area contributed by atoms with Crippen LogP contribution in [0.15, 0.2) is 60.7 Å². The van der Waals surface area contributed by atoms with Crippen molar-refractivity contribution < 1.29 is 4.55 Å². The molecule has 0 aliphatic heterocycles. The van der Waals surface area contributed by atoms with E-state index in [0.29, 0.717) is 5.41 Å². The van der Waals surface area contributed by atoms with Crippen molar-refractivity contribution in [2.24, 2.45) is 5.41 Å². The molecule has 3 aliphatic rings. The normalized spacial score (nSPS) is 30.1. The maximum atomic E-state index is 12.8. The van der Waals surface area contributed by atoms with E-state index in [1.807, 2.05) is 20.8 Å². The van der Waals surface area contributed by atoms with E-state index in [1.54, 1.807) is 0 Å². The second kappa shape index (κ2) is 5.87. The van der Waals surface area contributed by atoms with E-state index in [-0.39, 0.29) is 16.2 Å². The van der Waals surface area contributed by atoms with Gasteiger partial charge >= 0.3 is 0 Å². The summed E-state index contributed by atoms with van der Waals surface area (Å²) in [6.45, 7) is 6.10. The van der Waals surface area contributed by atoms with E-state index in [2.05, 4.69) is 65.4 Å². The maximum absolute atomic E-state index is 12.8. The highest BCUT2D eigenvalue weighted by Gasteiger charge is 2.71. The van der Waals surface area contributed by atoms with Crippen molar-refractivity contribution in [3.8, 4) is 0 Å². The number of rotatable bonds is 5. The van der Waals surface area contributed by atoms with Crippen LogP contribution in [-0.2, 0) is 16.8 Å². The van der Waals surface area contributed by atoms with E-state index >= 15 is 0 Å². The van der Waals surface area contributed by atoms with Crippen molar-refractivity contribution in [2.45, 2.75) is 56.2 Å². The Bertz CT molecular complexity index is 718. The second-order valence-electron chi connectivity index (χ2n) is 8.88. The van der Waals surface area contributed by atoms with Gasteiger partial charge in [0.1, 0.15) is 4.75 Å². The first-order valence-corrected chi connectivity index (χ1v) is 10.3. The van der Waals surface area contributed by atoms with Crippen molar-refractivity contribution in [1.82, 2.24) is 4.72 Å². The second-order valence-corrected chi connectivity index (χ2v) is 10.9. The van der Waals surface area contributed by atoms with Gasteiger partial charge in [0.2, 0.25) is 0 Å². The lowest BCUT2D eigenvalue weighted by Crippen LogP contribution is -2.69. The summed E-state index contributed by atoms with van der Waals surface area (Å²) in [4.78, 5) is 0. The Hall–Kier alpha value is -1.29. The van der Waals surface area contributed by atoms with Gasteiger partial charge in [0.15, 0.2) is 0 Å². The van der Waals surface area contributed by atoms with Crippen LogP contribution in [0.4, 0.5) is 0 Å². The molecule has 132 valence electrons. The molecule has 0 saturated heterocycles. The predicted molar refractivity (Wildman–Crippen MR) is 105 cm³/mol. The Morgan fingerprint density at radius 2 is 1.44 bits per heavy atom. The summed E-state index contributed by atoms with van der Waals surface area (Å²) in [5.41, 5.74) is 3.35. The molecule has 1 N–H and O–H groups in total. The molecule has 2 aromatic carbocycles. The molecule has 3 heteroatoms. The molecule has 2 bridgehead atoms. The van der Waals surface area contributed by atoms with Gasteiger partial charge in [-0.05, 0) is 62.0 Å². The van der Waals surface area contributed by atoms with Crippen LogP contribution in [0.3, 0.4) is 0 Å². The summed E-state index contributed by atoms with van der Waals surface area (Å²) in [6, 6.07) is 21.6. The molecule has 0 heterocycles. The Morgan fingerprint density at radius 1 is 0.920 bits per heavy atom. The van der Waals surface area contributed by atoms with Gasteiger partial charge in [-0.3, -0.25) is 0 Å². The van der Waals surface area contributed by atoms with Gasteiger partial charge in [-0.1, -0.05) is 60.7 Å². The molecule has 0 amide bonds. The molecule has 5 rings (SSSR count). The molecule has 25 heavy (non-hydrogen) atoms. The zero-order valence-corrected chi connectivity index (χ0v) is 16.1. The maximum Gasteiger partial charge on any atom is 0.136 e. The summed E-state index contributed by atoms with van der Waals surface area (Å²) in [6.07, 6.45) is 3.58. The average Bonchev–Trinajstić information content (AvgIpc) is 2.52. The van der Waals surface area contributed by atoms with Crippen LogP contribution in [0.25, 0.3) is 0 Å². The molecule has 0 aromatic heterocycles. The molecule has 3 fully saturated rings. The number of benzene rings is 2. The lowest BCUT2D eigenvalue weighted by molar-refractivity contribution is -0.162. The fraction of sp³-hybridized carbons (Fsp3) is 0.455. The quantitative estimate of drug-likeness (QED) is 0.776. The van der Waals surface area contributed by atoms with Crippen LogP contribution >= 0.6 is 0 Å². The van der Waals surface area contributed by atoms with Crippen LogP contribution < -0.4 is 4.72 Å². The van der Waals surface area contributed by atoms with E-state index in [4.69, 9.17) is 0 Å². The third-order valence-corrected chi connectivity index (χ3v) is 7.55. The first-order valence-electron chi connectivity index (χ1n) is 9.13. The molecule has 3 aliphatic carbocycles. The van der Waals surface area contributed by atoms with Crippen molar-refractivity contribution in [3.63, 3.8) is 0 Å². The Balaban J connectivity index is 1.57. The van der Waals surface area contributed by atoms with Crippen LogP contribution in [0, 0.1) is 5.41 Å². The van der Waals surface area contributed by atoms with Crippen LogP contribution in [-0.4, -0.2) is 9.30 Å². The SMILES string of the molecule is CC(C)(C)[S+]([O-])NC(c1ccccc1)C12CC(c3ccccc3)(C1)C2. The van der Waals surface area contributed by atoms with Gasteiger partial charge in [-0.25, -0.2) is 0 Å². The summed E-state index contributed by atoms with van der Waals surface area (Å²) >= 11 is -1.07. The van der Waals surface area contributed by atoms with Gasteiger partial charge in [0.05, 0.1) is 6.04 Å². The molecule has 0 radical (unpaired) electrons. The molecule has 2 unspecified atom stereocenters. The largest absolute Gasteiger partial charge is 0.598 e. The summed E-state index contributed by atoms with van der Waals surface area (Å²) < 4.78 is 16.0. The predicted octanol–water partition coefficient (Wildman–Crippen LogP) is 4.90. The van der Waals surface area contributed by atoms with Crippen molar-refractivity contribution >= 4 is 11.4 Å². The van der Waals surface area contributed by atoms with E-state index < -0.39 is 11.4 Å². The number of hydrogen-bond acceptors (Lipinski definition) is 2. The zero-order valence-electron chi connectivity index (χ0n) is 15.3. The molecule has 2 atom stereocenters. The minimum Gasteiger partial charge on any atom is -0.598 e. The fourth-order valence-electron chi connectivity index (χ4n) is 4.75. The number of hydrogen-bond donors (Lipinski definition) is 1. The fourth-order valence-corrected chi connectivity index (χ4v) is 5.70.